The summed E-state index contributed by atoms with van der Waals surface area (Å²) in [7, 11) is 3.92. The highest BCUT2D eigenvalue weighted by Crippen LogP contribution is 2.28. The summed E-state index contributed by atoms with van der Waals surface area (Å²) in [6, 6.07) is -2.03. The number of nitrogens with one attached hydrogen (secondary N) is 15. The number of hydrogen-bond acceptors (Lipinski definition) is 23. The Balaban J connectivity index is 1.11. The highest BCUT2D eigenvalue weighted by atomic mass is 35.5. The monoisotopic (exact) mass is 1960 g/mol. The molecule has 748 valence electrons. The first-order valence-electron chi connectivity index (χ1n) is 45.8. The van der Waals surface area contributed by atoms with Crippen molar-refractivity contribution in [2.75, 3.05) is 65.4 Å². The van der Waals surface area contributed by atoms with Gasteiger partial charge in [-0.05, 0) is 106 Å². The molecule has 0 radical (unpaired) electrons. The third-order valence-electron chi connectivity index (χ3n) is 24.5. The molecule has 3 aromatic carbocycles. The molecule has 3 saturated heterocycles. The van der Waals surface area contributed by atoms with Crippen LogP contribution >= 0.6 is 23.4 Å². The number of nitrogens with two attached hydrogens (primary N) is 4. The van der Waals surface area contributed by atoms with Gasteiger partial charge in [-0.3, -0.25) is 91.7 Å². The van der Waals surface area contributed by atoms with Crippen molar-refractivity contribution in [1.82, 2.24) is 103 Å². The van der Waals surface area contributed by atoms with Crippen molar-refractivity contribution in [1.29, 1.82) is 5.41 Å². The molecule has 0 spiro atoms. The number of amides is 17. The van der Waals surface area contributed by atoms with Crippen molar-refractivity contribution < 1.29 is 96.5 Å². The summed E-state index contributed by atoms with van der Waals surface area (Å²) >= 11 is 7.02. The number of likely N-dealkylation sites (N-methyl/N-ethyl adjacent to an activating group) is 3. The maximum Gasteiger partial charge on any atom is 0.303 e. The van der Waals surface area contributed by atoms with Crippen LogP contribution in [-0.4, -0.2) is 323 Å². The Labute approximate surface area is 805 Å². The third kappa shape index (κ3) is 30.4. The molecule has 6 heterocycles. The molecule has 0 aliphatic carbocycles. The van der Waals surface area contributed by atoms with E-state index >= 15 is 38.4 Å². The van der Waals surface area contributed by atoms with Crippen LogP contribution in [0.5, 0.6) is 0 Å². The zero-order valence-electron chi connectivity index (χ0n) is 77.8. The maximum atomic E-state index is 15.9. The fourth-order valence-electron chi connectivity index (χ4n) is 16.9. The van der Waals surface area contributed by atoms with Crippen molar-refractivity contribution in [2.24, 2.45) is 22.9 Å². The SMILES string of the molecule is CCCC[C@H]1C(=O)N(C)[C@@H](CCCC)C(=O)N[C@@H](CCCNC(=N)N)C(=O)N[C@H](C(=O)NCC(N)=O)CSCC(=O)N[C@@H](Cc2ccc(Cl)cc2)C(=O)N(C)[C@@H](C)C(=O)N[C@H](CC(N)=O)C(=O)N2CCC[C@H]2C(=O)N[C@@H](Cc2cnc[nH]2)C(=O)N[C@@H](CCC(=O)O)C(=O)N2C[C@H](O)C[C@H]2C(=O)N[C@@H](Cc2c[nH]c3ccccc23)C(=O)N[C@@H](CCN)C(=O)N[C@@H](Cc2c[nH]c3ccccc23)C(=O)N1C. The Morgan fingerprint density at radius 2 is 1.08 bits per heavy atom. The van der Waals surface area contributed by atoms with Gasteiger partial charge in [0.05, 0.1) is 31.1 Å². The van der Waals surface area contributed by atoms with E-state index in [1.807, 2.05) is 13.8 Å². The quantitative estimate of drug-likeness (QED) is 0.0134. The number of unbranched alkanes of at least 4 members (excludes halogenated alkanes) is 2. The average Bonchev–Trinajstić information content (AvgIpc) is 1.70. The number of nitrogens with zero attached hydrogens (tertiary/aromatic N) is 6. The van der Waals surface area contributed by atoms with Gasteiger partial charge in [-0.25, -0.2) is 4.98 Å². The number of carboxylic acids is 1. The number of guanidine groups is 1. The van der Waals surface area contributed by atoms with Gasteiger partial charge in [0.25, 0.3) is 0 Å². The lowest BCUT2D eigenvalue weighted by Crippen LogP contribution is -2.61. The largest absolute Gasteiger partial charge is 0.481 e. The lowest BCUT2D eigenvalue weighted by atomic mass is 9.99. The molecule has 9 rings (SSSR count). The molecular weight excluding hydrogens is 1830 g/mol. The van der Waals surface area contributed by atoms with Crippen LogP contribution in [0.4, 0.5) is 0 Å². The number of rotatable bonds is 28. The highest BCUT2D eigenvalue weighted by molar-refractivity contribution is 8.00. The van der Waals surface area contributed by atoms with Crippen LogP contribution < -0.4 is 81.4 Å². The number of H-pyrrole nitrogens is 3. The van der Waals surface area contributed by atoms with Crippen molar-refractivity contribution >= 4 is 158 Å². The number of thioether (sulfide) groups is 1. The second-order valence-corrected chi connectivity index (χ2v) is 36.1. The molecule has 15 atom stereocenters. The van der Waals surface area contributed by atoms with E-state index in [0.717, 1.165) is 36.3 Å². The summed E-state index contributed by atoms with van der Waals surface area (Å²) in [5, 5.41) is 60.0. The average molecular weight is 1960 g/mol. The Kier molecular flexibility index (Phi) is 40.6. The molecule has 47 heteroatoms. The number of halogens is 1. The van der Waals surface area contributed by atoms with Gasteiger partial charge in [0.1, 0.15) is 84.6 Å². The number of carbonyl (C=O) groups is 18. The Hall–Kier alpha value is -13.8. The van der Waals surface area contributed by atoms with E-state index in [0.29, 0.717) is 69.2 Å². The van der Waals surface area contributed by atoms with Gasteiger partial charge in [0, 0.05) is 136 Å². The molecule has 138 heavy (non-hydrogen) atoms. The summed E-state index contributed by atoms with van der Waals surface area (Å²) in [5.74, 6) is -19.3. The molecule has 3 aliphatic heterocycles. The number of primary amides is 2. The Morgan fingerprint density at radius 1 is 0.543 bits per heavy atom. The molecule has 6 aromatic rings. The summed E-state index contributed by atoms with van der Waals surface area (Å²) < 4.78 is 0. The molecule has 3 fully saturated rings. The Bertz CT molecular complexity index is 5350. The number of benzene rings is 3. The zero-order valence-corrected chi connectivity index (χ0v) is 79.4. The van der Waals surface area contributed by atoms with E-state index in [9.17, 15) is 58.2 Å². The summed E-state index contributed by atoms with van der Waals surface area (Å²) in [6.45, 7) is 3.19. The summed E-state index contributed by atoms with van der Waals surface area (Å²) in [5.41, 5.74) is 26.0. The first-order valence-corrected chi connectivity index (χ1v) is 47.4. The minimum Gasteiger partial charge on any atom is -0.481 e. The smallest absolute Gasteiger partial charge is 0.303 e. The fourth-order valence-corrected chi connectivity index (χ4v) is 17.8. The second-order valence-electron chi connectivity index (χ2n) is 34.6. The van der Waals surface area contributed by atoms with Crippen molar-refractivity contribution in [2.45, 2.75) is 233 Å². The van der Waals surface area contributed by atoms with Gasteiger partial charge >= 0.3 is 5.97 Å². The van der Waals surface area contributed by atoms with Gasteiger partial charge < -0.3 is 131 Å². The number of hydrogen-bond donors (Lipinski definition) is 21. The molecule has 45 nitrogen and oxygen atoms in total. The minimum absolute atomic E-state index is 0.00629. The van der Waals surface area contributed by atoms with E-state index in [-0.39, 0.29) is 89.5 Å². The lowest BCUT2D eigenvalue weighted by molar-refractivity contribution is -0.149. The number of aromatic nitrogens is 4. The van der Waals surface area contributed by atoms with Crippen LogP contribution in [0.15, 0.2) is 97.7 Å². The van der Waals surface area contributed by atoms with Crippen LogP contribution in [-0.2, 0) is 112 Å². The molecule has 3 aromatic heterocycles. The van der Waals surface area contributed by atoms with Crippen molar-refractivity contribution in [3.8, 4) is 0 Å². The van der Waals surface area contributed by atoms with E-state index in [2.05, 4.69) is 78.4 Å². The maximum absolute atomic E-state index is 15.9. The molecule has 25 N–H and O–H groups in total. The topological polar surface area (TPSA) is 684 Å². The second kappa shape index (κ2) is 52.0. The van der Waals surface area contributed by atoms with E-state index < -0.39 is 260 Å². The zero-order chi connectivity index (χ0) is 101. The molecule has 17 amide bonds. The molecule has 0 bridgehead atoms. The molecule has 0 unspecified atom stereocenters. The number of aliphatic hydroxyl groups is 1. The van der Waals surface area contributed by atoms with Gasteiger partial charge in [-0.2, -0.15) is 0 Å². The number of imidazole rings is 1. The van der Waals surface area contributed by atoms with Crippen LogP contribution in [0.2, 0.25) is 5.02 Å². The van der Waals surface area contributed by atoms with Crippen LogP contribution in [0.25, 0.3) is 21.8 Å². The van der Waals surface area contributed by atoms with Gasteiger partial charge in [0.15, 0.2) is 5.96 Å². The lowest BCUT2D eigenvalue weighted by Gasteiger charge is -2.36. The van der Waals surface area contributed by atoms with E-state index in [1.165, 1.54) is 52.7 Å². The fraction of sp³-hybridized carbons (Fsp3) is 0.516. The number of aromatic amines is 3. The third-order valence-corrected chi connectivity index (χ3v) is 25.8. The normalized spacial score (nSPS) is 24.4. The first kappa shape index (κ1) is 108. The standard InChI is InChI=1S/C91H126ClN25O20S/c1-7-9-22-69-83(130)106-60(21-15-33-99-91(96)97)79(126)112-68(78(125)102-44-74(95)120)46-138-47-75(121)104-65(35-50-25-27-53(92)28-26-50)86(133)113(4)49(3)77(124)110-67(40-73(94)119)89(136)116-34-16-24-70(116)84(131)109-64(38-54-43-98-48-103-54)82(129)107-62(29-30-76(122)123)88(135)117-45-55(118)39-72(117)85(132)108-63(36-51-41-100-58-19-13-11-17-56(51)58)81(128)105-61(31-32-93)80(127)111-66(37-52-42-101-59-20-14-12-18-57(52)59)87(134)115(6)71(23-10-8-2)90(137)114(69)5/h11-14,17-20,25-28,41-43,48-49,55,60-72,100-101,118H,7-10,15-16,21-24,29-40,44-47,93H2,1-6H3,(H2,94,119)(H2,95,120)(H,98,103)(H,102,125)(H,104,121)(H,105,128)(H,106,130)(H,107,129)(H,108,132)(H,109,131)(H,110,124)(H,111,127)(H,112,126)(H,122,123)(H4,96,97,99)/t49-,55+,60-,61-,62-,63-,64-,65-,66-,67+,68-,69-,70-,71-,72-/m0/s1. The van der Waals surface area contributed by atoms with Crippen molar-refractivity contribution in [3.05, 3.63) is 125 Å². The minimum atomic E-state index is -1.84. The predicted octanol–water partition coefficient (Wildman–Crippen LogP) is -2.81. The summed E-state index contributed by atoms with van der Waals surface area (Å²) in [4.78, 5) is 282. The number of fused-ring (bicyclic) bond motifs is 4. The summed E-state index contributed by atoms with van der Waals surface area (Å²) in [6.07, 6.45) is 1.56. The molecule has 0 saturated carbocycles. The van der Waals surface area contributed by atoms with E-state index in [1.54, 1.807) is 73.1 Å². The van der Waals surface area contributed by atoms with Crippen LogP contribution in [0.3, 0.4) is 0 Å². The first-order chi connectivity index (χ1) is 65.8. The van der Waals surface area contributed by atoms with Crippen molar-refractivity contribution in [3.63, 3.8) is 0 Å². The van der Waals surface area contributed by atoms with Crippen LogP contribution in [0, 0.1) is 5.41 Å². The predicted molar refractivity (Wildman–Crippen MR) is 507 cm³/mol. The van der Waals surface area contributed by atoms with E-state index in [4.69, 9.17) is 39.9 Å². The van der Waals surface area contributed by atoms with Gasteiger partial charge in [-0.1, -0.05) is 99.7 Å². The Morgan fingerprint density at radius 3 is 1.68 bits per heavy atom. The van der Waals surface area contributed by atoms with Gasteiger partial charge in [-0.15, -0.1) is 11.8 Å². The highest BCUT2D eigenvalue weighted by Gasteiger charge is 2.47. The number of para-hydroxylation sites is 2. The number of aliphatic carboxylic acids is 1. The number of aliphatic hydroxyl groups excluding tert-OH is 1. The number of carbonyl (C=O) groups excluding carboxylic acids is 17. The van der Waals surface area contributed by atoms with Gasteiger partial charge in [0.2, 0.25) is 100 Å². The van der Waals surface area contributed by atoms with Crippen LogP contribution in [0.1, 0.15) is 139 Å². The number of carboxylic acid groups (broad SMARTS) is 1. The molecular formula is C91H126ClN25O20S. The molecule has 3 aliphatic rings.